The second-order valence-corrected chi connectivity index (χ2v) is 4.20. The largest absolute Gasteiger partial charge is 0.352 e. The predicted octanol–water partition coefficient (Wildman–Crippen LogP) is 0.414. The molecule has 6 nitrogen and oxygen atoms in total. The summed E-state index contributed by atoms with van der Waals surface area (Å²) in [7, 11) is 1.42. The lowest BCUT2D eigenvalue weighted by Gasteiger charge is -2.14. The molecule has 18 heavy (non-hydrogen) atoms. The first-order valence-electron chi connectivity index (χ1n) is 6.05. The van der Waals surface area contributed by atoms with Crippen LogP contribution in [0.3, 0.4) is 0 Å². The van der Waals surface area contributed by atoms with Crippen LogP contribution in [-0.2, 0) is 20.0 Å². The van der Waals surface area contributed by atoms with Gasteiger partial charge in [0.05, 0.1) is 5.69 Å². The highest BCUT2D eigenvalue weighted by Crippen LogP contribution is 2.13. The van der Waals surface area contributed by atoms with E-state index in [4.69, 9.17) is 0 Å². The number of aryl methyl sites for hydroxylation is 2. The average Bonchev–Trinajstić information content (AvgIpc) is 2.37. The van der Waals surface area contributed by atoms with E-state index in [9.17, 15) is 9.59 Å². The van der Waals surface area contributed by atoms with Crippen LogP contribution in [-0.4, -0.2) is 19.1 Å². The Morgan fingerprint density at radius 3 is 2.56 bits per heavy atom. The van der Waals surface area contributed by atoms with Crippen molar-refractivity contribution in [1.29, 1.82) is 0 Å². The molecule has 2 rings (SSSR count). The molecule has 0 aromatic heterocycles. The van der Waals surface area contributed by atoms with Gasteiger partial charge in [-0.25, -0.2) is 9.78 Å². The molecule has 6 heteroatoms. The molecule has 2 heterocycles. The van der Waals surface area contributed by atoms with Gasteiger partial charge in [0.15, 0.2) is 11.5 Å². The van der Waals surface area contributed by atoms with Gasteiger partial charge in [0.1, 0.15) is 0 Å². The number of nitrogens with zero attached hydrogens (tertiary/aromatic N) is 4. The molecule has 0 saturated heterocycles. The Balaban J connectivity index is 2.83. The van der Waals surface area contributed by atoms with Crippen molar-refractivity contribution in [2.45, 2.75) is 33.2 Å². The van der Waals surface area contributed by atoms with Crippen molar-refractivity contribution >= 4 is 0 Å². The van der Waals surface area contributed by atoms with E-state index in [1.165, 1.54) is 7.05 Å². The summed E-state index contributed by atoms with van der Waals surface area (Å²) in [4.78, 5) is 31.8. The summed E-state index contributed by atoms with van der Waals surface area (Å²) in [6, 6.07) is 0. The summed E-state index contributed by atoms with van der Waals surface area (Å²) in [5.41, 5.74) is 0.194. The monoisotopic (exact) mass is 248 g/mol. The van der Waals surface area contributed by atoms with E-state index in [1.54, 1.807) is 4.57 Å². The third-order valence-corrected chi connectivity index (χ3v) is 2.89. The van der Waals surface area contributed by atoms with Gasteiger partial charge in [0.25, 0.3) is 5.56 Å². The smallest absolute Gasteiger partial charge is 0.329 e. The van der Waals surface area contributed by atoms with E-state index in [1.807, 2.05) is 13.1 Å². The Morgan fingerprint density at radius 1 is 1.22 bits per heavy atom. The van der Waals surface area contributed by atoms with Crippen LogP contribution < -0.4 is 11.2 Å². The highest BCUT2D eigenvalue weighted by atomic mass is 16.2. The highest BCUT2D eigenvalue weighted by molar-refractivity contribution is 5.49. The second-order valence-electron chi connectivity index (χ2n) is 4.20. The van der Waals surface area contributed by atoms with Crippen LogP contribution in [0.4, 0.5) is 0 Å². The molecule has 0 spiro atoms. The van der Waals surface area contributed by atoms with Gasteiger partial charge in [-0.2, -0.15) is 4.98 Å². The average molecular weight is 248 g/mol. The fourth-order valence-electron chi connectivity index (χ4n) is 1.89. The summed E-state index contributed by atoms with van der Waals surface area (Å²) < 4.78 is 2.79. The lowest BCUT2D eigenvalue weighted by molar-refractivity contribution is 0.681. The predicted molar refractivity (Wildman–Crippen MR) is 67.8 cm³/mol. The van der Waals surface area contributed by atoms with Crippen LogP contribution in [0.2, 0.25) is 0 Å². The molecule has 0 atom stereocenters. The zero-order chi connectivity index (χ0) is 13.3. The molecule has 0 aromatic carbocycles. The third-order valence-electron chi connectivity index (χ3n) is 2.89. The van der Waals surface area contributed by atoms with E-state index in [2.05, 4.69) is 16.9 Å². The van der Waals surface area contributed by atoms with Crippen molar-refractivity contribution in [3.63, 3.8) is 0 Å². The van der Waals surface area contributed by atoms with Crippen molar-refractivity contribution in [3.8, 4) is 11.5 Å². The molecule has 0 radical (unpaired) electrons. The van der Waals surface area contributed by atoms with Crippen LogP contribution in [0.15, 0.2) is 15.8 Å². The molecule has 0 N–H and O–H groups in total. The minimum absolute atomic E-state index is 0.268. The van der Waals surface area contributed by atoms with Gasteiger partial charge in [0.2, 0.25) is 0 Å². The van der Waals surface area contributed by atoms with Gasteiger partial charge >= 0.3 is 5.69 Å². The van der Waals surface area contributed by atoms with Crippen LogP contribution in [0.25, 0.3) is 11.5 Å². The van der Waals surface area contributed by atoms with Crippen molar-refractivity contribution in [1.82, 2.24) is 19.1 Å². The van der Waals surface area contributed by atoms with Crippen molar-refractivity contribution < 1.29 is 0 Å². The molecule has 0 amide bonds. The number of aromatic nitrogens is 4. The summed E-state index contributed by atoms with van der Waals surface area (Å²) >= 11 is 0. The maximum absolute atomic E-state index is 12.0. The minimum Gasteiger partial charge on any atom is -0.329 e. The van der Waals surface area contributed by atoms with Gasteiger partial charge in [0, 0.05) is 19.8 Å². The van der Waals surface area contributed by atoms with Crippen LogP contribution >= 0.6 is 0 Å². The summed E-state index contributed by atoms with van der Waals surface area (Å²) in [6.45, 7) is 4.65. The Kier molecular flexibility index (Phi) is 3.27. The Morgan fingerprint density at radius 2 is 1.94 bits per heavy atom. The van der Waals surface area contributed by atoms with Gasteiger partial charge in [-0.3, -0.25) is 9.36 Å². The van der Waals surface area contributed by atoms with Crippen LogP contribution in [0, 0.1) is 0 Å². The van der Waals surface area contributed by atoms with Crippen LogP contribution in [0.5, 0.6) is 0 Å². The van der Waals surface area contributed by atoms with Crippen molar-refractivity contribution in [2.24, 2.45) is 7.05 Å². The quantitative estimate of drug-likeness (QED) is 0.789. The topological polar surface area (TPSA) is 69.8 Å². The molecule has 0 saturated carbocycles. The maximum Gasteiger partial charge on any atom is 0.352 e. The Labute approximate surface area is 104 Å². The molecular weight excluding hydrogens is 232 g/mol. The van der Waals surface area contributed by atoms with Crippen LogP contribution in [0.1, 0.15) is 26.0 Å². The highest BCUT2D eigenvalue weighted by Gasteiger charge is 2.17. The van der Waals surface area contributed by atoms with Gasteiger partial charge in [-0.15, -0.1) is 0 Å². The molecule has 2 aliphatic heterocycles. The minimum atomic E-state index is -0.542. The van der Waals surface area contributed by atoms with E-state index in [-0.39, 0.29) is 11.3 Å². The van der Waals surface area contributed by atoms with E-state index in [0.717, 1.165) is 23.1 Å². The molecule has 0 unspecified atom stereocenters. The number of fused-ring (bicyclic) bond motifs is 1. The first kappa shape index (κ1) is 12.5. The maximum atomic E-state index is 12.0. The standard InChI is InChI=1S/C12H16N4O2/c1-4-6-8-7-16(5-2)10-9(13-8)11(17)15(3)12(18)14-10/h7H,4-6H2,1-3H3. The first-order valence-corrected chi connectivity index (χ1v) is 6.05. The third kappa shape index (κ3) is 1.94. The Hall–Kier alpha value is -1.98. The van der Waals surface area contributed by atoms with E-state index < -0.39 is 5.69 Å². The number of hydrogen-bond acceptors (Lipinski definition) is 4. The number of hydrogen-bond donors (Lipinski definition) is 0. The molecule has 96 valence electrons. The van der Waals surface area contributed by atoms with E-state index >= 15 is 0 Å². The first-order chi connectivity index (χ1) is 8.58. The summed E-state index contributed by atoms with van der Waals surface area (Å²) in [5, 5.41) is 0. The molecular formula is C12H16N4O2. The van der Waals surface area contributed by atoms with E-state index in [0.29, 0.717) is 12.4 Å². The summed E-state index contributed by atoms with van der Waals surface area (Å²) in [5.74, 6) is 0.366. The zero-order valence-corrected chi connectivity index (χ0v) is 10.8. The molecule has 0 fully saturated rings. The van der Waals surface area contributed by atoms with Gasteiger partial charge in [-0.1, -0.05) is 13.3 Å². The normalized spacial score (nSPS) is 11.1. The fraction of sp³-hybridized carbons (Fsp3) is 0.500. The molecule has 2 aliphatic rings. The lowest BCUT2D eigenvalue weighted by Crippen LogP contribution is -2.36. The SMILES string of the molecule is CCCc1cn(CC)c2nc(=O)n(C)c(=O)c-2n1. The number of rotatable bonds is 3. The molecule has 0 aromatic rings. The fourth-order valence-corrected chi connectivity index (χ4v) is 1.89. The summed E-state index contributed by atoms with van der Waals surface area (Å²) in [6.07, 6.45) is 3.62. The Bertz CT molecular complexity index is 656. The van der Waals surface area contributed by atoms with Crippen molar-refractivity contribution in [3.05, 3.63) is 32.7 Å². The zero-order valence-electron chi connectivity index (χ0n) is 10.8. The molecule has 0 bridgehead atoms. The molecule has 0 aliphatic carbocycles. The lowest BCUT2D eigenvalue weighted by atomic mass is 10.2. The second kappa shape index (κ2) is 4.72. The van der Waals surface area contributed by atoms with Crippen molar-refractivity contribution in [2.75, 3.05) is 0 Å². The van der Waals surface area contributed by atoms with Gasteiger partial charge < -0.3 is 4.57 Å². The van der Waals surface area contributed by atoms with Gasteiger partial charge in [-0.05, 0) is 13.3 Å².